The highest BCUT2D eigenvalue weighted by Gasteiger charge is 2.31. The topological polar surface area (TPSA) is 58.6 Å². The smallest absolute Gasteiger partial charge is 0.331 e. The minimum absolute atomic E-state index is 0.0437. The van der Waals surface area contributed by atoms with Gasteiger partial charge in [-0.1, -0.05) is 18.2 Å². The molecule has 1 aromatic rings. The summed E-state index contributed by atoms with van der Waals surface area (Å²) in [4.78, 5) is 10.8. The zero-order valence-electron chi connectivity index (χ0n) is 8.84. The molecule has 0 aliphatic carbocycles. The molecule has 86 valence electrons. The summed E-state index contributed by atoms with van der Waals surface area (Å²) >= 11 is 1.41. The van der Waals surface area contributed by atoms with E-state index in [4.69, 9.17) is 9.84 Å². The highest BCUT2D eigenvalue weighted by Crippen LogP contribution is 2.33. The number of thioether (sulfide) groups is 1. The number of hydrogen-bond acceptors (Lipinski definition) is 4. The van der Waals surface area contributed by atoms with E-state index < -0.39 is 11.3 Å². The number of hydrogen-bond donors (Lipinski definition) is 2. The van der Waals surface area contributed by atoms with Crippen LogP contribution in [-0.4, -0.2) is 29.3 Å². The van der Waals surface area contributed by atoms with Crippen molar-refractivity contribution >= 4 is 17.7 Å². The van der Waals surface area contributed by atoms with Crippen LogP contribution in [0.25, 0.3) is 0 Å². The van der Waals surface area contributed by atoms with Gasteiger partial charge in [0, 0.05) is 17.4 Å². The molecule has 0 amide bonds. The molecule has 0 bridgehead atoms. The first-order valence-electron chi connectivity index (χ1n) is 4.95. The number of carboxylic acids is 1. The highest BCUT2D eigenvalue weighted by atomic mass is 32.2. The number of carboxylic acid groups (broad SMARTS) is 1. The van der Waals surface area contributed by atoms with Crippen molar-refractivity contribution in [2.24, 2.45) is 0 Å². The number of para-hydroxylation sites is 1. The molecule has 16 heavy (non-hydrogen) atoms. The van der Waals surface area contributed by atoms with Crippen LogP contribution in [0.5, 0.6) is 5.75 Å². The quantitative estimate of drug-likeness (QED) is 0.836. The minimum Gasteiger partial charge on any atom is -0.496 e. The fraction of sp³-hybridized carbons (Fsp3) is 0.364. The van der Waals surface area contributed by atoms with E-state index in [1.54, 1.807) is 7.11 Å². The maximum atomic E-state index is 10.8. The van der Waals surface area contributed by atoms with Gasteiger partial charge in [0.05, 0.1) is 7.11 Å². The van der Waals surface area contributed by atoms with Gasteiger partial charge in [0.2, 0.25) is 0 Å². The molecule has 1 aliphatic rings. The van der Waals surface area contributed by atoms with Crippen LogP contribution in [0.2, 0.25) is 0 Å². The summed E-state index contributed by atoms with van der Waals surface area (Å²) in [5, 5.41) is 11.4. The zero-order valence-corrected chi connectivity index (χ0v) is 9.66. The second-order valence-corrected chi connectivity index (χ2v) is 4.65. The van der Waals surface area contributed by atoms with Crippen LogP contribution in [0, 0.1) is 0 Å². The van der Waals surface area contributed by atoms with Gasteiger partial charge in [0.25, 0.3) is 0 Å². The Hall–Kier alpha value is -1.20. The van der Waals surface area contributed by atoms with Crippen molar-refractivity contribution in [3.8, 4) is 5.75 Å². The average Bonchev–Trinajstić information content (AvgIpc) is 2.78. The fourth-order valence-electron chi connectivity index (χ4n) is 1.75. The Morgan fingerprint density at radius 1 is 1.56 bits per heavy atom. The van der Waals surface area contributed by atoms with Gasteiger partial charge in [-0.3, -0.25) is 5.32 Å². The van der Waals surface area contributed by atoms with E-state index in [-0.39, 0.29) is 6.04 Å². The van der Waals surface area contributed by atoms with Gasteiger partial charge >= 0.3 is 5.97 Å². The van der Waals surface area contributed by atoms with Crippen LogP contribution in [0.3, 0.4) is 0 Å². The molecule has 0 unspecified atom stereocenters. The van der Waals surface area contributed by atoms with Crippen LogP contribution < -0.4 is 10.1 Å². The van der Waals surface area contributed by atoms with Crippen LogP contribution in [0.15, 0.2) is 24.3 Å². The van der Waals surface area contributed by atoms with Gasteiger partial charge in [-0.25, -0.2) is 4.79 Å². The fourth-order valence-corrected chi connectivity index (χ4v) is 2.81. The molecule has 1 aliphatic heterocycles. The van der Waals surface area contributed by atoms with E-state index in [1.165, 1.54) is 11.8 Å². The van der Waals surface area contributed by atoms with E-state index in [0.29, 0.717) is 0 Å². The lowest BCUT2D eigenvalue weighted by atomic mass is 10.1. The minimum atomic E-state index is -0.817. The van der Waals surface area contributed by atoms with Gasteiger partial charge in [-0.2, -0.15) is 0 Å². The Kier molecular flexibility index (Phi) is 3.36. The summed E-state index contributed by atoms with van der Waals surface area (Å²) < 4.78 is 5.26. The van der Waals surface area contributed by atoms with Crippen molar-refractivity contribution in [2.75, 3.05) is 12.9 Å². The van der Waals surface area contributed by atoms with Crippen molar-refractivity contribution in [2.45, 2.75) is 11.4 Å². The molecule has 2 N–H and O–H groups in total. The summed E-state index contributed by atoms with van der Waals surface area (Å²) in [6, 6.07) is 7.72. The first-order valence-corrected chi connectivity index (χ1v) is 6.00. The van der Waals surface area contributed by atoms with Crippen molar-refractivity contribution in [3.63, 3.8) is 0 Å². The van der Waals surface area contributed by atoms with Crippen molar-refractivity contribution < 1.29 is 14.6 Å². The number of carbonyl (C=O) groups is 1. The predicted octanol–water partition coefficient (Wildman–Crippen LogP) is 1.48. The molecule has 4 nitrogen and oxygen atoms in total. The Bertz CT molecular complexity index is 397. The number of benzene rings is 1. The summed E-state index contributed by atoms with van der Waals surface area (Å²) in [7, 11) is 1.62. The maximum absolute atomic E-state index is 10.8. The van der Waals surface area contributed by atoms with Gasteiger partial charge in [0.15, 0.2) is 5.37 Å². The van der Waals surface area contributed by atoms with E-state index in [1.807, 2.05) is 24.3 Å². The summed E-state index contributed by atoms with van der Waals surface area (Å²) in [6.07, 6.45) is 0. The van der Waals surface area contributed by atoms with Gasteiger partial charge < -0.3 is 9.84 Å². The number of aliphatic carboxylic acids is 1. The summed E-state index contributed by atoms with van der Waals surface area (Å²) in [5.74, 6) is 0.728. The SMILES string of the molecule is COc1ccccc1[C@@H]1CS[C@@H](C(=O)O)N1. The zero-order chi connectivity index (χ0) is 11.5. The molecule has 1 aromatic carbocycles. The predicted molar refractivity (Wildman–Crippen MR) is 62.8 cm³/mol. The third-order valence-corrected chi connectivity index (χ3v) is 3.72. The van der Waals surface area contributed by atoms with Crippen LogP contribution >= 0.6 is 11.8 Å². The molecule has 0 saturated carbocycles. The molecule has 2 rings (SSSR count). The maximum Gasteiger partial charge on any atom is 0.331 e. The highest BCUT2D eigenvalue weighted by molar-refractivity contribution is 8.00. The molecule has 0 aromatic heterocycles. The standard InChI is InChI=1S/C11H13NO3S/c1-15-9-5-3-2-4-7(9)8-6-16-10(12-8)11(13)14/h2-5,8,10,12H,6H2,1H3,(H,13,14)/t8-,10-/m0/s1. The van der Waals surface area contributed by atoms with Crippen LogP contribution in [-0.2, 0) is 4.79 Å². The van der Waals surface area contributed by atoms with E-state index >= 15 is 0 Å². The lowest BCUT2D eigenvalue weighted by Gasteiger charge is -2.14. The van der Waals surface area contributed by atoms with Gasteiger partial charge in [-0.05, 0) is 6.07 Å². The van der Waals surface area contributed by atoms with Crippen LogP contribution in [0.1, 0.15) is 11.6 Å². The van der Waals surface area contributed by atoms with Crippen LogP contribution in [0.4, 0.5) is 0 Å². The normalized spacial score (nSPS) is 24.3. The number of rotatable bonds is 3. The van der Waals surface area contributed by atoms with Gasteiger partial charge in [0.1, 0.15) is 5.75 Å². The molecule has 2 atom stereocenters. The average molecular weight is 239 g/mol. The number of nitrogens with one attached hydrogen (secondary N) is 1. The molecule has 1 heterocycles. The molecule has 1 fully saturated rings. The van der Waals surface area contributed by atoms with E-state index in [0.717, 1.165) is 17.1 Å². The molecular formula is C11H13NO3S. The molecule has 0 radical (unpaired) electrons. The Morgan fingerprint density at radius 3 is 2.94 bits per heavy atom. The second kappa shape index (κ2) is 4.76. The lowest BCUT2D eigenvalue weighted by molar-refractivity contribution is -0.137. The largest absolute Gasteiger partial charge is 0.496 e. The van der Waals surface area contributed by atoms with E-state index in [2.05, 4.69) is 5.32 Å². The third kappa shape index (κ3) is 2.15. The Labute approximate surface area is 98.0 Å². The van der Waals surface area contributed by atoms with Crippen molar-refractivity contribution in [3.05, 3.63) is 29.8 Å². The van der Waals surface area contributed by atoms with E-state index in [9.17, 15) is 4.79 Å². The Balaban J connectivity index is 2.17. The third-order valence-electron chi connectivity index (χ3n) is 2.52. The molecule has 1 saturated heterocycles. The first-order chi connectivity index (χ1) is 7.72. The van der Waals surface area contributed by atoms with Crippen molar-refractivity contribution in [1.82, 2.24) is 5.32 Å². The molecule has 5 heteroatoms. The lowest BCUT2D eigenvalue weighted by Crippen LogP contribution is -2.30. The molecular weight excluding hydrogens is 226 g/mol. The summed E-state index contributed by atoms with van der Waals surface area (Å²) in [6.45, 7) is 0. The molecule has 0 spiro atoms. The van der Waals surface area contributed by atoms with Crippen molar-refractivity contribution in [1.29, 1.82) is 0 Å². The Morgan fingerprint density at radius 2 is 2.31 bits per heavy atom. The number of ether oxygens (including phenoxy) is 1. The second-order valence-electron chi connectivity index (χ2n) is 3.51. The monoisotopic (exact) mass is 239 g/mol. The summed E-state index contributed by atoms with van der Waals surface area (Å²) in [5.41, 5.74) is 1.02. The van der Waals surface area contributed by atoms with Gasteiger partial charge in [-0.15, -0.1) is 11.8 Å². The first kappa shape index (κ1) is 11.3. The number of methoxy groups -OCH3 is 1.